The summed E-state index contributed by atoms with van der Waals surface area (Å²) in [5.41, 5.74) is 0. The Balaban J connectivity index is 0.000000810. The zero-order valence-corrected chi connectivity index (χ0v) is 7.43. The van der Waals surface area contributed by atoms with Crippen LogP contribution in [0.1, 0.15) is 13.8 Å². The number of aliphatic hydroxyl groups is 1. The monoisotopic (exact) mass is 165 g/mol. The van der Waals surface area contributed by atoms with E-state index in [1.807, 2.05) is 0 Å². The zero-order chi connectivity index (χ0) is 6.91. The molecule has 1 aliphatic heterocycles. The fourth-order valence-electron chi connectivity index (χ4n) is 1.33. The SMILES string of the molecule is CC(C)[N+]1(CCO)CC1.[Cl-]. The van der Waals surface area contributed by atoms with E-state index in [1.54, 1.807) is 0 Å². The van der Waals surface area contributed by atoms with Crippen molar-refractivity contribution in [2.75, 3.05) is 26.2 Å². The van der Waals surface area contributed by atoms with Crippen LogP contribution in [0.5, 0.6) is 0 Å². The first-order valence-corrected chi connectivity index (χ1v) is 3.68. The molecular formula is C7H16ClNO. The molecule has 1 fully saturated rings. The Hall–Kier alpha value is 0.210. The van der Waals surface area contributed by atoms with E-state index >= 15 is 0 Å². The third kappa shape index (κ3) is 1.84. The molecule has 1 rings (SSSR count). The summed E-state index contributed by atoms with van der Waals surface area (Å²) in [6.45, 7) is 8.30. The molecule has 1 aliphatic rings. The highest BCUT2D eigenvalue weighted by molar-refractivity contribution is 4.59. The summed E-state index contributed by atoms with van der Waals surface area (Å²) in [5.74, 6) is 0. The number of aliphatic hydroxyl groups excluding tert-OH is 1. The van der Waals surface area contributed by atoms with E-state index in [1.165, 1.54) is 13.1 Å². The first-order valence-electron chi connectivity index (χ1n) is 3.68. The van der Waals surface area contributed by atoms with Crippen LogP contribution in [0.15, 0.2) is 0 Å². The Bertz CT molecular complexity index is 102. The lowest BCUT2D eigenvalue weighted by molar-refractivity contribution is -0.823. The van der Waals surface area contributed by atoms with Crippen LogP contribution in [0.25, 0.3) is 0 Å². The first kappa shape index (κ1) is 10.2. The molecule has 0 bridgehead atoms. The quantitative estimate of drug-likeness (QED) is 0.355. The van der Waals surface area contributed by atoms with Gasteiger partial charge in [-0.25, -0.2) is 0 Å². The average Bonchev–Trinajstić information content (AvgIpc) is 2.49. The Kier molecular flexibility index (Phi) is 3.63. The second-order valence-corrected chi connectivity index (χ2v) is 3.21. The number of nitrogens with zero attached hydrogens (tertiary/aromatic N) is 1. The minimum Gasteiger partial charge on any atom is -1.00 e. The van der Waals surface area contributed by atoms with Gasteiger partial charge in [-0.1, -0.05) is 0 Å². The maximum Gasteiger partial charge on any atom is 0.129 e. The highest BCUT2D eigenvalue weighted by atomic mass is 35.5. The van der Waals surface area contributed by atoms with Crippen LogP contribution < -0.4 is 12.4 Å². The van der Waals surface area contributed by atoms with Gasteiger partial charge in [0.25, 0.3) is 0 Å². The lowest BCUT2D eigenvalue weighted by atomic mass is 10.3. The number of hydrogen-bond donors (Lipinski definition) is 1. The van der Waals surface area contributed by atoms with Crippen molar-refractivity contribution in [1.29, 1.82) is 0 Å². The van der Waals surface area contributed by atoms with E-state index in [-0.39, 0.29) is 12.4 Å². The molecule has 0 aromatic rings. The molecular weight excluding hydrogens is 150 g/mol. The van der Waals surface area contributed by atoms with Gasteiger partial charge in [0, 0.05) is 0 Å². The molecule has 0 aromatic carbocycles. The van der Waals surface area contributed by atoms with Gasteiger partial charge in [-0.2, -0.15) is 0 Å². The molecule has 0 atom stereocenters. The lowest BCUT2D eigenvalue weighted by Crippen LogP contribution is -3.00. The lowest BCUT2D eigenvalue weighted by Gasteiger charge is -2.21. The van der Waals surface area contributed by atoms with Crippen LogP contribution in [0.3, 0.4) is 0 Å². The summed E-state index contributed by atoms with van der Waals surface area (Å²) in [7, 11) is 0. The predicted octanol–water partition coefficient (Wildman–Crippen LogP) is -2.78. The van der Waals surface area contributed by atoms with Crippen molar-refractivity contribution >= 4 is 0 Å². The standard InChI is InChI=1S/C7H16NO.ClH/c1-7(2)8(3-4-8)5-6-9;/h7,9H,3-6H2,1-2H3;1H/q+1;/p-1. The average molecular weight is 166 g/mol. The topological polar surface area (TPSA) is 20.2 Å². The van der Waals surface area contributed by atoms with Gasteiger partial charge in [0.15, 0.2) is 0 Å². The van der Waals surface area contributed by atoms with E-state index in [4.69, 9.17) is 5.11 Å². The highest BCUT2D eigenvalue weighted by Gasteiger charge is 2.43. The molecule has 0 amide bonds. The summed E-state index contributed by atoms with van der Waals surface area (Å²) < 4.78 is 1.15. The summed E-state index contributed by atoms with van der Waals surface area (Å²) in [6.07, 6.45) is 0. The van der Waals surface area contributed by atoms with Crippen molar-refractivity contribution in [3.63, 3.8) is 0 Å². The number of quaternary nitrogens is 1. The first-order chi connectivity index (χ1) is 4.21. The van der Waals surface area contributed by atoms with E-state index in [0.29, 0.717) is 12.6 Å². The number of halogens is 1. The van der Waals surface area contributed by atoms with Gasteiger partial charge in [0.1, 0.15) is 19.6 Å². The van der Waals surface area contributed by atoms with Gasteiger partial charge in [-0.3, -0.25) is 0 Å². The Morgan fingerprint density at radius 1 is 1.40 bits per heavy atom. The summed E-state index contributed by atoms with van der Waals surface area (Å²) in [5, 5.41) is 8.68. The summed E-state index contributed by atoms with van der Waals surface area (Å²) >= 11 is 0. The Morgan fingerprint density at radius 3 is 2.00 bits per heavy atom. The van der Waals surface area contributed by atoms with Crippen molar-refractivity contribution < 1.29 is 22.0 Å². The van der Waals surface area contributed by atoms with Crippen molar-refractivity contribution in [2.24, 2.45) is 0 Å². The fourth-order valence-corrected chi connectivity index (χ4v) is 1.33. The number of rotatable bonds is 3. The van der Waals surface area contributed by atoms with Crippen LogP contribution in [-0.4, -0.2) is 41.9 Å². The van der Waals surface area contributed by atoms with Gasteiger partial charge in [-0.05, 0) is 13.8 Å². The highest BCUT2D eigenvalue weighted by Crippen LogP contribution is 2.24. The van der Waals surface area contributed by atoms with E-state index in [0.717, 1.165) is 11.0 Å². The van der Waals surface area contributed by atoms with Crippen LogP contribution in [0, 0.1) is 0 Å². The third-order valence-electron chi connectivity index (χ3n) is 2.44. The minimum absolute atomic E-state index is 0. The van der Waals surface area contributed by atoms with Crippen LogP contribution in [-0.2, 0) is 0 Å². The maximum absolute atomic E-state index is 8.68. The summed E-state index contributed by atoms with van der Waals surface area (Å²) in [6, 6.07) is 0.706. The van der Waals surface area contributed by atoms with E-state index < -0.39 is 0 Å². The molecule has 1 saturated heterocycles. The molecule has 62 valence electrons. The minimum atomic E-state index is 0. The molecule has 1 heterocycles. The molecule has 2 nitrogen and oxygen atoms in total. The van der Waals surface area contributed by atoms with Gasteiger partial charge in [0.2, 0.25) is 0 Å². The maximum atomic E-state index is 8.68. The van der Waals surface area contributed by atoms with E-state index in [2.05, 4.69) is 13.8 Å². The van der Waals surface area contributed by atoms with Crippen LogP contribution >= 0.6 is 0 Å². The van der Waals surface area contributed by atoms with Gasteiger partial charge < -0.3 is 22.0 Å². The smallest absolute Gasteiger partial charge is 0.129 e. The van der Waals surface area contributed by atoms with Crippen molar-refractivity contribution in [1.82, 2.24) is 0 Å². The normalized spacial score (nSPS) is 20.4. The Morgan fingerprint density at radius 2 is 1.90 bits per heavy atom. The van der Waals surface area contributed by atoms with Gasteiger partial charge >= 0.3 is 0 Å². The fraction of sp³-hybridized carbons (Fsp3) is 1.00. The van der Waals surface area contributed by atoms with Crippen LogP contribution in [0.4, 0.5) is 0 Å². The molecule has 0 unspecified atom stereocenters. The molecule has 1 N–H and O–H groups in total. The number of hydrogen-bond acceptors (Lipinski definition) is 1. The molecule has 0 spiro atoms. The molecule has 3 heteroatoms. The van der Waals surface area contributed by atoms with Crippen molar-refractivity contribution in [3.05, 3.63) is 0 Å². The molecule has 0 aliphatic carbocycles. The molecule has 10 heavy (non-hydrogen) atoms. The summed E-state index contributed by atoms with van der Waals surface area (Å²) in [4.78, 5) is 0. The molecule has 0 aromatic heterocycles. The van der Waals surface area contributed by atoms with Crippen molar-refractivity contribution in [2.45, 2.75) is 19.9 Å². The Labute approximate surface area is 68.8 Å². The molecule has 0 saturated carbocycles. The van der Waals surface area contributed by atoms with Gasteiger partial charge in [0.05, 0.1) is 12.6 Å². The van der Waals surface area contributed by atoms with Gasteiger partial charge in [-0.15, -0.1) is 0 Å². The second-order valence-electron chi connectivity index (χ2n) is 3.21. The predicted molar refractivity (Wildman–Crippen MR) is 37.1 cm³/mol. The van der Waals surface area contributed by atoms with Crippen LogP contribution in [0.2, 0.25) is 0 Å². The van der Waals surface area contributed by atoms with E-state index in [9.17, 15) is 0 Å². The largest absolute Gasteiger partial charge is 1.00 e. The third-order valence-corrected chi connectivity index (χ3v) is 2.44. The zero-order valence-electron chi connectivity index (χ0n) is 6.68. The van der Waals surface area contributed by atoms with Crippen molar-refractivity contribution in [3.8, 4) is 0 Å². The molecule has 0 radical (unpaired) electrons. The second kappa shape index (κ2) is 3.56.